The van der Waals surface area contributed by atoms with E-state index in [1.807, 2.05) is 17.9 Å². The maximum atomic E-state index is 12.6. The molecule has 5 heteroatoms. The summed E-state index contributed by atoms with van der Waals surface area (Å²) < 4.78 is 5.58. The normalized spacial score (nSPS) is 24.4. The van der Waals surface area contributed by atoms with Crippen LogP contribution in [0.25, 0.3) is 11.1 Å². The number of nitrogens with zero attached hydrogens (tertiary/aromatic N) is 1. The SMILES string of the molecule is Cc1c(C(=O)O)cccc1-c1ccc([C@H]2CC23CCN(C(=O)C2CCCO2)CC3)cc1. The van der Waals surface area contributed by atoms with Crippen molar-refractivity contribution in [1.29, 1.82) is 0 Å². The van der Waals surface area contributed by atoms with E-state index >= 15 is 0 Å². The lowest BCUT2D eigenvalue weighted by Gasteiger charge is -2.34. The molecule has 3 aliphatic rings. The van der Waals surface area contributed by atoms with E-state index in [-0.39, 0.29) is 12.0 Å². The van der Waals surface area contributed by atoms with Crippen molar-refractivity contribution in [1.82, 2.24) is 4.90 Å². The van der Waals surface area contributed by atoms with E-state index in [1.165, 1.54) is 12.0 Å². The number of amides is 1. The Labute approximate surface area is 183 Å². The molecule has 2 aromatic rings. The number of hydrogen-bond donors (Lipinski definition) is 1. The standard InChI is InChI=1S/C26H29NO4/c1-17-20(4-2-5-21(17)25(29)30)18-7-9-19(10-8-18)22-16-26(22)11-13-27(14-12-26)24(28)23-6-3-15-31-23/h2,4-5,7-10,22-23H,3,6,11-16H2,1H3,(H,29,30)/t22-,23?/m1/s1. The molecule has 1 spiro atoms. The molecule has 2 heterocycles. The Morgan fingerprint density at radius 2 is 1.84 bits per heavy atom. The summed E-state index contributed by atoms with van der Waals surface area (Å²) >= 11 is 0. The van der Waals surface area contributed by atoms with Crippen molar-refractivity contribution in [2.75, 3.05) is 19.7 Å². The zero-order valence-electron chi connectivity index (χ0n) is 18.0. The van der Waals surface area contributed by atoms with Gasteiger partial charge in [-0.1, -0.05) is 36.4 Å². The summed E-state index contributed by atoms with van der Waals surface area (Å²) in [5.74, 6) is -0.138. The van der Waals surface area contributed by atoms with Crippen LogP contribution >= 0.6 is 0 Å². The van der Waals surface area contributed by atoms with Gasteiger partial charge in [0.15, 0.2) is 0 Å². The quantitative estimate of drug-likeness (QED) is 0.784. The van der Waals surface area contributed by atoms with Crippen molar-refractivity contribution < 1.29 is 19.4 Å². The average Bonchev–Trinajstić information content (AvgIpc) is 3.20. The number of benzene rings is 2. The molecule has 2 aromatic carbocycles. The maximum Gasteiger partial charge on any atom is 0.335 e. The van der Waals surface area contributed by atoms with Crippen molar-refractivity contribution in [3.05, 3.63) is 59.2 Å². The van der Waals surface area contributed by atoms with E-state index in [2.05, 4.69) is 24.3 Å². The van der Waals surface area contributed by atoms with E-state index in [0.717, 1.165) is 55.5 Å². The number of hydrogen-bond acceptors (Lipinski definition) is 3. The Morgan fingerprint density at radius 3 is 2.48 bits per heavy atom. The van der Waals surface area contributed by atoms with Crippen LogP contribution in [0.1, 0.15) is 59.5 Å². The molecule has 1 amide bonds. The van der Waals surface area contributed by atoms with Gasteiger partial charge in [0.2, 0.25) is 0 Å². The summed E-state index contributed by atoms with van der Waals surface area (Å²) in [6, 6.07) is 14.1. The van der Waals surface area contributed by atoms with Gasteiger partial charge in [-0.15, -0.1) is 0 Å². The molecule has 1 saturated carbocycles. The lowest BCUT2D eigenvalue weighted by atomic mass is 9.88. The molecular formula is C26H29NO4. The Bertz CT molecular complexity index is 999. The third kappa shape index (κ3) is 3.65. The van der Waals surface area contributed by atoms with Gasteiger partial charge >= 0.3 is 5.97 Å². The first-order valence-corrected chi connectivity index (χ1v) is 11.3. The molecule has 0 radical (unpaired) electrons. The summed E-state index contributed by atoms with van der Waals surface area (Å²) in [5.41, 5.74) is 4.87. The van der Waals surface area contributed by atoms with Crippen LogP contribution in [0.5, 0.6) is 0 Å². The van der Waals surface area contributed by atoms with Crippen molar-refractivity contribution in [2.45, 2.75) is 51.0 Å². The predicted octanol–water partition coefficient (Wildman–Crippen LogP) is 4.64. The van der Waals surface area contributed by atoms with Gasteiger partial charge in [-0.25, -0.2) is 4.79 Å². The first kappa shape index (κ1) is 20.3. The van der Waals surface area contributed by atoms with Crippen molar-refractivity contribution in [2.24, 2.45) is 5.41 Å². The zero-order valence-corrected chi connectivity index (χ0v) is 18.0. The van der Waals surface area contributed by atoms with Crippen LogP contribution in [0.2, 0.25) is 0 Å². The molecule has 2 atom stereocenters. The smallest absolute Gasteiger partial charge is 0.335 e. The number of piperidine rings is 1. The first-order valence-electron chi connectivity index (χ1n) is 11.3. The molecule has 1 unspecified atom stereocenters. The Morgan fingerprint density at radius 1 is 1.10 bits per heavy atom. The number of carbonyl (C=O) groups excluding carboxylic acids is 1. The number of carboxylic acids is 1. The first-order chi connectivity index (χ1) is 15.0. The Hall–Kier alpha value is -2.66. The van der Waals surface area contributed by atoms with Gasteiger partial charge in [0.05, 0.1) is 5.56 Å². The minimum absolute atomic E-state index is 0.188. The average molecular weight is 420 g/mol. The van der Waals surface area contributed by atoms with Crippen LogP contribution in [0.3, 0.4) is 0 Å². The van der Waals surface area contributed by atoms with Gasteiger partial charge in [0, 0.05) is 19.7 Å². The van der Waals surface area contributed by atoms with Crippen LogP contribution in [0.15, 0.2) is 42.5 Å². The van der Waals surface area contributed by atoms with Gasteiger partial charge in [-0.3, -0.25) is 4.79 Å². The summed E-state index contributed by atoms with van der Waals surface area (Å²) in [7, 11) is 0. The highest BCUT2D eigenvalue weighted by atomic mass is 16.5. The highest BCUT2D eigenvalue weighted by Crippen LogP contribution is 2.65. The largest absolute Gasteiger partial charge is 0.478 e. The molecule has 1 N–H and O–H groups in total. The molecule has 5 rings (SSSR count). The topological polar surface area (TPSA) is 66.8 Å². The number of likely N-dealkylation sites (tertiary alicyclic amines) is 1. The van der Waals surface area contributed by atoms with Gasteiger partial charge in [-0.05, 0) is 78.7 Å². The maximum absolute atomic E-state index is 12.6. The number of ether oxygens (including phenoxy) is 1. The van der Waals surface area contributed by atoms with Gasteiger partial charge in [-0.2, -0.15) is 0 Å². The van der Waals surface area contributed by atoms with E-state index in [9.17, 15) is 14.7 Å². The molecule has 31 heavy (non-hydrogen) atoms. The van der Waals surface area contributed by atoms with E-state index in [1.54, 1.807) is 12.1 Å². The van der Waals surface area contributed by atoms with Gasteiger partial charge in [0.25, 0.3) is 5.91 Å². The summed E-state index contributed by atoms with van der Waals surface area (Å²) in [4.78, 5) is 26.1. The van der Waals surface area contributed by atoms with Crippen molar-refractivity contribution in [3.63, 3.8) is 0 Å². The Kier molecular flexibility index (Phi) is 5.09. The van der Waals surface area contributed by atoms with Crippen LogP contribution in [0, 0.1) is 12.3 Å². The third-order valence-corrected chi connectivity index (χ3v) is 7.65. The minimum atomic E-state index is -0.889. The highest BCUT2D eigenvalue weighted by molar-refractivity contribution is 5.92. The fourth-order valence-electron chi connectivity index (χ4n) is 5.60. The lowest BCUT2D eigenvalue weighted by Crippen LogP contribution is -2.44. The Balaban J connectivity index is 1.25. The van der Waals surface area contributed by atoms with E-state index < -0.39 is 5.97 Å². The van der Waals surface area contributed by atoms with Gasteiger partial charge < -0.3 is 14.7 Å². The monoisotopic (exact) mass is 419 g/mol. The second-order valence-electron chi connectivity index (χ2n) is 9.35. The molecule has 0 bridgehead atoms. The van der Waals surface area contributed by atoms with E-state index in [0.29, 0.717) is 23.5 Å². The fraction of sp³-hybridized carbons (Fsp3) is 0.462. The molecule has 2 aliphatic heterocycles. The number of aromatic carboxylic acids is 1. The zero-order chi connectivity index (χ0) is 21.6. The third-order valence-electron chi connectivity index (χ3n) is 7.65. The minimum Gasteiger partial charge on any atom is -0.478 e. The molecule has 5 nitrogen and oxygen atoms in total. The molecule has 162 valence electrons. The second kappa shape index (κ2) is 7.79. The highest BCUT2D eigenvalue weighted by Gasteiger charge is 2.55. The van der Waals surface area contributed by atoms with Crippen LogP contribution < -0.4 is 0 Å². The predicted molar refractivity (Wildman–Crippen MR) is 118 cm³/mol. The van der Waals surface area contributed by atoms with Crippen molar-refractivity contribution in [3.8, 4) is 11.1 Å². The summed E-state index contributed by atoms with van der Waals surface area (Å²) in [6.07, 6.45) is 4.98. The summed E-state index contributed by atoms with van der Waals surface area (Å²) in [6.45, 7) is 4.27. The number of carboxylic acid groups (broad SMARTS) is 1. The molecule has 0 aromatic heterocycles. The van der Waals surface area contributed by atoms with E-state index in [4.69, 9.17) is 4.74 Å². The van der Waals surface area contributed by atoms with Crippen molar-refractivity contribution >= 4 is 11.9 Å². The van der Waals surface area contributed by atoms with Crippen LogP contribution in [-0.4, -0.2) is 47.7 Å². The molecular weight excluding hydrogens is 390 g/mol. The molecule has 1 aliphatic carbocycles. The van der Waals surface area contributed by atoms with Crippen LogP contribution in [0.4, 0.5) is 0 Å². The summed E-state index contributed by atoms with van der Waals surface area (Å²) in [5, 5.41) is 9.39. The fourth-order valence-corrected chi connectivity index (χ4v) is 5.60. The molecule has 2 saturated heterocycles. The lowest BCUT2D eigenvalue weighted by molar-refractivity contribution is -0.142. The van der Waals surface area contributed by atoms with Crippen LogP contribution in [-0.2, 0) is 9.53 Å². The van der Waals surface area contributed by atoms with Gasteiger partial charge in [0.1, 0.15) is 6.10 Å². The number of rotatable bonds is 4. The molecule has 3 fully saturated rings. The second-order valence-corrected chi connectivity index (χ2v) is 9.35. The number of carbonyl (C=O) groups is 2.